The van der Waals surface area contributed by atoms with Crippen LogP contribution < -0.4 is 4.74 Å². The van der Waals surface area contributed by atoms with Gasteiger partial charge in [-0.3, -0.25) is 14.2 Å². The van der Waals surface area contributed by atoms with Gasteiger partial charge < -0.3 is 9.64 Å². The summed E-state index contributed by atoms with van der Waals surface area (Å²) in [5.41, 5.74) is 4.72. The van der Waals surface area contributed by atoms with Crippen LogP contribution in [0.1, 0.15) is 60.7 Å². The Morgan fingerprint density at radius 1 is 1.14 bits per heavy atom. The number of rotatable bonds is 7. The molecule has 218 valence electrons. The molecule has 1 unspecified atom stereocenters. The topological polar surface area (TPSA) is 75.1 Å². The van der Waals surface area contributed by atoms with Gasteiger partial charge in [0.05, 0.1) is 25.7 Å². The fraction of sp³-hybridized carbons (Fsp3) is 0.394. The molecule has 1 saturated heterocycles. The monoisotopic (exact) mass is 570 g/mol. The number of fused-ring (bicyclic) bond motifs is 1. The number of aromatic nitrogens is 1. The summed E-state index contributed by atoms with van der Waals surface area (Å²) >= 11 is 0. The van der Waals surface area contributed by atoms with Crippen LogP contribution >= 0.6 is 0 Å². The summed E-state index contributed by atoms with van der Waals surface area (Å²) in [6, 6.07) is 9.40. The third kappa shape index (κ3) is 4.75. The molecule has 2 fully saturated rings. The van der Waals surface area contributed by atoms with Gasteiger partial charge in [-0.2, -0.15) is 0 Å². The molecule has 0 radical (unpaired) electrons. The molecule has 2 aliphatic heterocycles. The summed E-state index contributed by atoms with van der Waals surface area (Å²) in [5.74, 6) is 0.985. The molecule has 0 N–H and O–H groups in total. The molecule has 3 aliphatic rings. The first-order valence-electron chi connectivity index (χ1n) is 14.5. The summed E-state index contributed by atoms with van der Waals surface area (Å²) in [6.07, 6.45) is 5.59. The lowest BCUT2D eigenvalue weighted by molar-refractivity contribution is -0.792. The van der Waals surface area contributed by atoms with Crippen LogP contribution in [0, 0.1) is 19.7 Å². The number of pyridine rings is 1. The molecular weight excluding hydrogens is 533 g/mol. The SMILES string of the molecule is Cc1cc(C2=NC=CC[N+]2(C)C)c2cccc(OCc3c(C)cc(F)cc3[C@H](C)N3C(=O)N(C4CC4)C(=O)C3C)c2n1. The zero-order chi connectivity index (χ0) is 29.9. The minimum absolute atomic E-state index is 0.0196. The Bertz CT molecular complexity index is 1680. The maximum atomic E-state index is 14.8. The number of amides is 3. The van der Waals surface area contributed by atoms with Gasteiger partial charge in [0.2, 0.25) is 5.84 Å². The van der Waals surface area contributed by atoms with E-state index in [2.05, 4.69) is 26.2 Å². The molecule has 2 aromatic carbocycles. The zero-order valence-electron chi connectivity index (χ0n) is 25.0. The van der Waals surface area contributed by atoms with Crippen molar-refractivity contribution in [2.24, 2.45) is 4.99 Å². The first-order valence-corrected chi connectivity index (χ1v) is 14.5. The molecule has 9 heteroatoms. The van der Waals surface area contributed by atoms with E-state index in [0.717, 1.165) is 52.9 Å². The fourth-order valence-corrected chi connectivity index (χ4v) is 6.27. The van der Waals surface area contributed by atoms with Gasteiger partial charge >= 0.3 is 6.03 Å². The summed E-state index contributed by atoms with van der Waals surface area (Å²) in [4.78, 5) is 38.9. The lowest BCUT2D eigenvalue weighted by Gasteiger charge is -2.31. The van der Waals surface area contributed by atoms with Gasteiger partial charge in [-0.25, -0.2) is 19.2 Å². The molecule has 2 atom stereocenters. The third-order valence-electron chi connectivity index (χ3n) is 8.67. The lowest BCUT2D eigenvalue weighted by Crippen LogP contribution is -2.47. The predicted octanol–water partition coefficient (Wildman–Crippen LogP) is 5.80. The highest BCUT2D eigenvalue weighted by atomic mass is 19.1. The van der Waals surface area contributed by atoms with E-state index >= 15 is 0 Å². The van der Waals surface area contributed by atoms with E-state index < -0.39 is 17.9 Å². The Morgan fingerprint density at radius 2 is 1.90 bits per heavy atom. The number of hydrogen-bond acceptors (Lipinski definition) is 5. The van der Waals surface area contributed by atoms with Crippen molar-refractivity contribution in [2.75, 3.05) is 20.6 Å². The molecule has 3 amide bonds. The number of quaternary nitrogens is 1. The standard InChI is InChI=1S/C33H37FN5O3/c1-19-15-23(34)17-26(21(3)37-22(4)32(40)38(33(37)41)24-11-12-24)28(19)18-42-29-10-7-9-25-27(16-20(2)36-30(25)29)31-35-13-8-14-39(31,5)6/h7-10,13,15-17,21-22,24H,11-12,14,18H2,1-6H3/q+1/t21-,22?/m0/s1. The summed E-state index contributed by atoms with van der Waals surface area (Å²) in [6.45, 7) is 8.39. The predicted molar refractivity (Wildman–Crippen MR) is 160 cm³/mol. The Morgan fingerprint density at radius 3 is 2.62 bits per heavy atom. The highest BCUT2D eigenvalue weighted by Gasteiger charge is 2.50. The zero-order valence-corrected chi connectivity index (χ0v) is 25.0. The maximum absolute atomic E-state index is 14.8. The van der Waals surface area contributed by atoms with E-state index in [1.54, 1.807) is 11.8 Å². The summed E-state index contributed by atoms with van der Waals surface area (Å²) < 4.78 is 21.9. The molecule has 3 heterocycles. The van der Waals surface area contributed by atoms with Gasteiger partial charge in [-0.1, -0.05) is 12.1 Å². The molecule has 1 aliphatic carbocycles. The van der Waals surface area contributed by atoms with Crippen molar-refractivity contribution in [2.45, 2.75) is 65.3 Å². The van der Waals surface area contributed by atoms with Crippen molar-refractivity contribution in [3.05, 3.63) is 82.4 Å². The average molecular weight is 571 g/mol. The van der Waals surface area contributed by atoms with Crippen LogP contribution in [0.5, 0.6) is 5.75 Å². The number of ether oxygens (including phenoxy) is 1. The third-order valence-corrected chi connectivity index (χ3v) is 8.67. The maximum Gasteiger partial charge on any atom is 0.328 e. The molecule has 6 rings (SSSR count). The van der Waals surface area contributed by atoms with E-state index in [0.29, 0.717) is 21.4 Å². The molecular formula is C33H37FN5O3+. The van der Waals surface area contributed by atoms with Crippen molar-refractivity contribution >= 4 is 28.7 Å². The van der Waals surface area contributed by atoms with Crippen molar-refractivity contribution in [3.63, 3.8) is 0 Å². The van der Waals surface area contributed by atoms with Gasteiger partial charge in [0.25, 0.3) is 5.91 Å². The molecule has 0 bridgehead atoms. The second kappa shape index (κ2) is 10.3. The largest absolute Gasteiger partial charge is 0.487 e. The van der Waals surface area contributed by atoms with Crippen LogP contribution in [-0.4, -0.2) is 69.8 Å². The molecule has 1 aromatic heterocycles. The number of benzene rings is 2. The van der Waals surface area contributed by atoms with E-state index in [-0.39, 0.29) is 24.6 Å². The summed E-state index contributed by atoms with van der Waals surface area (Å²) in [5, 5.41) is 0.943. The number of likely N-dealkylation sites (N-methyl/N-ethyl adjacent to an activating group) is 1. The van der Waals surface area contributed by atoms with Gasteiger partial charge in [0.15, 0.2) is 0 Å². The van der Waals surface area contributed by atoms with Crippen molar-refractivity contribution in [3.8, 4) is 5.75 Å². The van der Waals surface area contributed by atoms with Gasteiger partial charge in [-0.05, 0) is 87.6 Å². The molecule has 3 aromatic rings. The van der Waals surface area contributed by atoms with Crippen molar-refractivity contribution in [1.82, 2.24) is 14.8 Å². The number of para-hydroxylation sites is 1. The molecule has 42 heavy (non-hydrogen) atoms. The first-order chi connectivity index (χ1) is 20.0. The normalized spacial score (nSPS) is 20.8. The second-order valence-corrected chi connectivity index (χ2v) is 12.2. The number of carbonyl (C=O) groups excluding carboxylic acids is 2. The first kappa shape index (κ1) is 28.0. The number of nitrogens with zero attached hydrogens (tertiary/aromatic N) is 5. The lowest BCUT2D eigenvalue weighted by atomic mass is 9.96. The minimum atomic E-state index is -0.616. The van der Waals surface area contributed by atoms with Crippen molar-refractivity contribution < 1.29 is 23.2 Å². The summed E-state index contributed by atoms with van der Waals surface area (Å²) in [7, 11) is 4.27. The highest BCUT2D eigenvalue weighted by Crippen LogP contribution is 2.38. The van der Waals surface area contributed by atoms with E-state index in [1.807, 2.05) is 45.2 Å². The number of aryl methyl sites for hydroxylation is 2. The van der Waals surface area contributed by atoms with Crippen LogP contribution in [0.15, 0.2) is 53.7 Å². The van der Waals surface area contributed by atoms with Crippen LogP contribution in [0.25, 0.3) is 10.9 Å². The number of amidine groups is 1. The smallest absolute Gasteiger partial charge is 0.328 e. The van der Waals surface area contributed by atoms with E-state index in [4.69, 9.17) is 14.7 Å². The number of hydrogen-bond donors (Lipinski definition) is 0. The molecule has 8 nitrogen and oxygen atoms in total. The number of urea groups is 1. The number of aliphatic imine (C=N–C) groups is 1. The average Bonchev–Trinajstić information content (AvgIpc) is 3.73. The highest BCUT2D eigenvalue weighted by molar-refractivity contribution is 6.07. The van der Waals surface area contributed by atoms with Crippen LogP contribution in [-0.2, 0) is 11.4 Å². The van der Waals surface area contributed by atoms with Crippen LogP contribution in [0.4, 0.5) is 9.18 Å². The number of carbonyl (C=O) groups is 2. The van der Waals surface area contributed by atoms with Gasteiger partial charge in [0, 0.05) is 23.3 Å². The van der Waals surface area contributed by atoms with E-state index in [9.17, 15) is 14.0 Å². The molecule has 0 spiro atoms. The van der Waals surface area contributed by atoms with Gasteiger partial charge in [-0.15, -0.1) is 0 Å². The van der Waals surface area contributed by atoms with Crippen molar-refractivity contribution in [1.29, 1.82) is 0 Å². The number of halogens is 1. The van der Waals surface area contributed by atoms with Gasteiger partial charge in [0.1, 0.15) is 36.3 Å². The van der Waals surface area contributed by atoms with Crippen LogP contribution in [0.2, 0.25) is 0 Å². The van der Waals surface area contributed by atoms with E-state index in [1.165, 1.54) is 17.0 Å². The van der Waals surface area contributed by atoms with Crippen LogP contribution in [0.3, 0.4) is 0 Å². The fourth-order valence-electron chi connectivity index (χ4n) is 6.27. The Balaban J connectivity index is 1.35. The minimum Gasteiger partial charge on any atom is -0.487 e. The Hall–Kier alpha value is -4.11. The molecule has 1 saturated carbocycles. The second-order valence-electron chi connectivity index (χ2n) is 12.2. The Kier molecular flexibility index (Phi) is 6.88. The Labute approximate surface area is 245 Å². The number of imide groups is 1. The quantitative estimate of drug-likeness (QED) is 0.266.